The lowest BCUT2D eigenvalue weighted by Crippen LogP contribution is -2.15. The summed E-state index contributed by atoms with van der Waals surface area (Å²) in [7, 11) is -1.91. The fourth-order valence-electron chi connectivity index (χ4n) is 2.57. The van der Waals surface area contributed by atoms with Gasteiger partial charge < -0.3 is 4.57 Å². The second kappa shape index (κ2) is 5.34. The molecular weight excluding hydrogens is 312 g/mol. The van der Waals surface area contributed by atoms with Crippen molar-refractivity contribution in [3.63, 3.8) is 0 Å². The Bertz CT molecular complexity index is 989. The number of pyridine rings is 1. The van der Waals surface area contributed by atoms with E-state index in [1.807, 2.05) is 26.8 Å². The third kappa shape index (κ3) is 2.79. The monoisotopic (exact) mass is 330 g/mol. The van der Waals surface area contributed by atoms with Crippen molar-refractivity contribution in [3.8, 4) is 0 Å². The van der Waals surface area contributed by atoms with Crippen molar-refractivity contribution in [3.05, 3.63) is 47.2 Å². The predicted molar refractivity (Wildman–Crippen MR) is 90.0 cm³/mol. The Labute approximate surface area is 135 Å². The summed E-state index contributed by atoms with van der Waals surface area (Å²) in [6, 6.07) is 8.63. The van der Waals surface area contributed by atoms with Gasteiger partial charge in [0.15, 0.2) is 5.65 Å². The Balaban J connectivity index is 2.06. The van der Waals surface area contributed by atoms with Crippen molar-refractivity contribution in [1.82, 2.24) is 14.5 Å². The molecule has 0 aliphatic carbocycles. The van der Waals surface area contributed by atoms with Crippen LogP contribution in [0.3, 0.4) is 0 Å². The third-order valence-electron chi connectivity index (χ3n) is 3.71. The summed E-state index contributed by atoms with van der Waals surface area (Å²) in [5.74, 6) is 0.252. The first-order valence-corrected chi connectivity index (χ1v) is 8.66. The first-order chi connectivity index (χ1) is 10.8. The SMILES string of the molecule is Cc1ccc(S(=O)(=O)Nc2nc3nc(C)cc(C)c3n2C)cc1. The first-order valence-electron chi connectivity index (χ1n) is 7.18. The molecule has 0 saturated heterocycles. The Kier molecular flexibility index (Phi) is 3.60. The van der Waals surface area contributed by atoms with E-state index in [1.165, 1.54) is 0 Å². The summed E-state index contributed by atoms with van der Waals surface area (Å²) in [6.45, 7) is 5.75. The molecule has 6 nitrogen and oxygen atoms in total. The number of benzene rings is 1. The highest BCUT2D eigenvalue weighted by Gasteiger charge is 2.19. The van der Waals surface area contributed by atoms with Crippen molar-refractivity contribution in [1.29, 1.82) is 0 Å². The van der Waals surface area contributed by atoms with Gasteiger partial charge in [-0.25, -0.2) is 18.1 Å². The maximum Gasteiger partial charge on any atom is 0.264 e. The van der Waals surface area contributed by atoms with Crippen molar-refractivity contribution < 1.29 is 8.42 Å². The van der Waals surface area contributed by atoms with Crippen LogP contribution >= 0.6 is 0 Å². The molecule has 2 heterocycles. The van der Waals surface area contributed by atoms with E-state index in [1.54, 1.807) is 35.9 Å². The molecule has 0 amide bonds. The molecule has 7 heteroatoms. The predicted octanol–water partition coefficient (Wildman–Crippen LogP) is 2.69. The average Bonchev–Trinajstić information content (AvgIpc) is 2.75. The molecule has 0 fully saturated rings. The van der Waals surface area contributed by atoms with Gasteiger partial charge in [0.2, 0.25) is 5.95 Å². The zero-order chi connectivity index (χ0) is 16.8. The van der Waals surface area contributed by atoms with Crippen molar-refractivity contribution in [2.24, 2.45) is 7.05 Å². The minimum absolute atomic E-state index is 0.205. The van der Waals surface area contributed by atoms with E-state index in [2.05, 4.69) is 14.7 Å². The number of fused-ring (bicyclic) bond motifs is 1. The quantitative estimate of drug-likeness (QED) is 0.801. The second-order valence-electron chi connectivity index (χ2n) is 5.67. The summed E-state index contributed by atoms with van der Waals surface area (Å²) in [5, 5.41) is 0. The van der Waals surface area contributed by atoms with Crippen LogP contribution in [-0.2, 0) is 17.1 Å². The molecule has 0 radical (unpaired) electrons. The highest BCUT2D eigenvalue weighted by atomic mass is 32.2. The lowest BCUT2D eigenvalue weighted by Gasteiger charge is -2.08. The smallest absolute Gasteiger partial charge is 0.264 e. The number of aryl methyl sites for hydroxylation is 4. The molecule has 0 bridgehead atoms. The standard InChI is InChI=1S/C16H18N4O2S/c1-10-5-7-13(8-6-10)23(21,22)19-16-18-15-14(20(16)4)11(2)9-12(3)17-15/h5-9H,1-4H3,(H,17,18,19). The Morgan fingerprint density at radius 3 is 2.35 bits per heavy atom. The number of hydrogen-bond acceptors (Lipinski definition) is 4. The number of rotatable bonds is 3. The minimum Gasteiger partial charge on any atom is -0.311 e. The van der Waals surface area contributed by atoms with Gasteiger partial charge in [0.1, 0.15) is 0 Å². The Hall–Kier alpha value is -2.41. The fraction of sp³-hybridized carbons (Fsp3) is 0.250. The topological polar surface area (TPSA) is 76.9 Å². The zero-order valence-corrected chi connectivity index (χ0v) is 14.3. The molecule has 1 aromatic carbocycles. The second-order valence-corrected chi connectivity index (χ2v) is 7.35. The lowest BCUT2D eigenvalue weighted by molar-refractivity contribution is 0.600. The molecule has 2 aromatic heterocycles. The number of sulfonamides is 1. The van der Waals surface area contributed by atoms with Gasteiger partial charge in [0.05, 0.1) is 10.4 Å². The molecule has 3 rings (SSSR count). The maximum atomic E-state index is 12.5. The molecular formula is C16H18N4O2S. The average molecular weight is 330 g/mol. The zero-order valence-electron chi connectivity index (χ0n) is 13.5. The van der Waals surface area contributed by atoms with Crippen LogP contribution in [0.5, 0.6) is 0 Å². The van der Waals surface area contributed by atoms with Crippen LogP contribution in [0.25, 0.3) is 11.2 Å². The van der Waals surface area contributed by atoms with E-state index < -0.39 is 10.0 Å². The number of hydrogen-bond donors (Lipinski definition) is 1. The molecule has 23 heavy (non-hydrogen) atoms. The van der Waals surface area contributed by atoms with Crippen LogP contribution < -0.4 is 4.72 Å². The highest BCUT2D eigenvalue weighted by molar-refractivity contribution is 7.92. The molecule has 120 valence electrons. The minimum atomic E-state index is -3.68. The fourth-order valence-corrected chi connectivity index (χ4v) is 3.61. The van der Waals surface area contributed by atoms with Crippen LogP contribution in [0.2, 0.25) is 0 Å². The molecule has 0 saturated carbocycles. The normalized spacial score (nSPS) is 11.8. The van der Waals surface area contributed by atoms with Gasteiger partial charge >= 0.3 is 0 Å². The van der Waals surface area contributed by atoms with Crippen molar-refractivity contribution in [2.45, 2.75) is 25.7 Å². The van der Waals surface area contributed by atoms with E-state index in [4.69, 9.17) is 0 Å². The largest absolute Gasteiger partial charge is 0.311 e. The Morgan fingerprint density at radius 2 is 1.70 bits per heavy atom. The summed E-state index contributed by atoms with van der Waals surface area (Å²) in [5.41, 5.74) is 4.20. The molecule has 1 N–H and O–H groups in total. The molecule has 3 aromatic rings. The number of imidazole rings is 1. The van der Waals surface area contributed by atoms with Crippen LogP contribution in [0.4, 0.5) is 5.95 Å². The third-order valence-corrected chi connectivity index (χ3v) is 5.06. The summed E-state index contributed by atoms with van der Waals surface area (Å²) in [4.78, 5) is 8.89. The van der Waals surface area contributed by atoms with E-state index in [0.29, 0.717) is 5.65 Å². The maximum absolute atomic E-state index is 12.5. The van der Waals surface area contributed by atoms with Crippen LogP contribution in [0, 0.1) is 20.8 Å². The molecule has 0 unspecified atom stereocenters. The summed E-state index contributed by atoms with van der Waals surface area (Å²) < 4.78 is 29.3. The number of nitrogens with zero attached hydrogens (tertiary/aromatic N) is 3. The molecule has 0 spiro atoms. The summed E-state index contributed by atoms with van der Waals surface area (Å²) in [6.07, 6.45) is 0. The van der Waals surface area contributed by atoms with Crippen LogP contribution in [0.1, 0.15) is 16.8 Å². The van der Waals surface area contributed by atoms with E-state index >= 15 is 0 Å². The van der Waals surface area contributed by atoms with Crippen molar-refractivity contribution >= 4 is 27.1 Å². The van der Waals surface area contributed by atoms with E-state index in [0.717, 1.165) is 22.3 Å². The summed E-state index contributed by atoms with van der Waals surface area (Å²) >= 11 is 0. The van der Waals surface area contributed by atoms with Crippen molar-refractivity contribution in [2.75, 3.05) is 4.72 Å². The van der Waals surface area contributed by atoms with Gasteiger partial charge in [-0.05, 0) is 44.5 Å². The first kappa shape index (κ1) is 15.5. The van der Waals surface area contributed by atoms with E-state index in [-0.39, 0.29) is 10.8 Å². The number of anilines is 1. The lowest BCUT2D eigenvalue weighted by atomic mass is 10.2. The van der Waals surface area contributed by atoms with Crippen LogP contribution in [-0.4, -0.2) is 23.0 Å². The molecule has 0 atom stereocenters. The molecule has 0 aliphatic heterocycles. The van der Waals surface area contributed by atoms with E-state index in [9.17, 15) is 8.42 Å². The van der Waals surface area contributed by atoms with Crippen LogP contribution in [0.15, 0.2) is 35.2 Å². The van der Waals surface area contributed by atoms with Gasteiger partial charge in [0.25, 0.3) is 10.0 Å². The molecule has 0 aliphatic rings. The van der Waals surface area contributed by atoms with Gasteiger partial charge in [-0.2, -0.15) is 4.98 Å². The Morgan fingerprint density at radius 1 is 1.04 bits per heavy atom. The van der Waals surface area contributed by atoms with Gasteiger partial charge in [-0.15, -0.1) is 0 Å². The number of nitrogens with one attached hydrogen (secondary N) is 1. The van der Waals surface area contributed by atoms with Gasteiger partial charge in [-0.1, -0.05) is 17.7 Å². The number of aromatic nitrogens is 3. The highest BCUT2D eigenvalue weighted by Crippen LogP contribution is 2.23. The van der Waals surface area contributed by atoms with Gasteiger partial charge in [0, 0.05) is 12.7 Å². The van der Waals surface area contributed by atoms with Gasteiger partial charge in [-0.3, -0.25) is 0 Å².